The largest absolute Gasteiger partial charge is 0.384 e. The van der Waals surface area contributed by atoms with Crippen molar-refractivity contribution in [2.45, 2.75) is 69.2 Å². The SMILES string of the molecule is Cc1ccc(C(C)(O)[C@@H]2CC(c3cc(F)cc([C@@](C)(O)[C@@H]4CCCN4)c3)CN2)cc1. The third kappa shape index (κ3) is 4.04. The lowest BCUT2D eigenvalue weighted by Crippen LogP contribution is -2.43. The minimum Gasteiger partial charge on any atom is -0.384 e. The van der Waals surface area contributed by atoms with Crippen molar-refractivity contribution in [1.82, 2.24) is 10.6 Å². The number of aliphatic hydroxyl groups is 2. The molecule has 2 aromatic rings. The summed E-state index contributed by atoms with van der Waals surface area (Å²) in [6, 6.07) is 12.7. The molecule has 5 heteroatoms. The highest BCUT2D eigenvalue weighted by atomic mass is 19.1. The number of halogens is 1. The molecule has 2 fully saturated rings. The number of benzene rings is 2. The summed E-state index contributed by atoms with van der Waals surface area (Å²) < 4.78 is 14.5. The van der Waals surface area contributed by atoms with Crippen molar-refractivity contribution in [1.29, 1.82) is 0 Å². The van der Waals surface area contributed by atoms with Crippen LogP contribution >= 0.6 is 0 Å². The Morgan fingerprint density at radius 2 is 1.63 bits per heavy atom. The Kier molecular flexibility index (Phi) is 5.75. The van der Waals surface area contributed by atoms with E-state index in [0.717, 1.165) is 36.1 Å². The predicted molar refractivity (Wildman–Crippen MR) is 117 cm³/mol. The molecular weight excluding hydrogens is 379 g/mol. The van der Waals surface area contributed by atoms with E-state index >= 15 is 0 Å². The molecule has 2 aliphatic heterocycles. The third-order valence-corrected chi connectivity index (χ3v) is 7.16. The molecule has 0 bridgehead atoms. The molecule has 162 valence electrons. The molecule has 4 N–H and O–H groups in total. The standard InChI is InChI=1S/C25H33FN2O2/c1-16-6-8-19(9-7-16)24(2,29)23-13-18(15-28-23)17-11-20(14-21(26)12-17)25(3,30)22-5-4-10-27-22/h6-9,11-12,14,18,22-23,27-30H,4-5,10,13,15H2,1-3H3/t18?,22-,23-,24?,25+/m0/s1. The molecule has 0 aromatic heterocycles. The van der Waals surface area contributed by atoms with Crippen LogP contribution in [0.5, 0.6) is 0 Å². The Balaban J connectivity index is 1.55. The van der Waals surface area contributed by atoms with Gasteiger partial charge in [-0.3, -0.25) is 0 Å². The average molecular weight is 413 g/mol. The van der Waals surface area contributed by atoms with E-state index in [4.69, 9.17) is 0 Å². The molecule has 0 saturated carbocycles. The second-order valence-electron chi connectivity index (χ2n) is 9.48. The first kappa shape index (κ1) is 21.4. The fourth-order valence-electron chi connectivity index (χ4n) is 5.02. The molecule has 0 spiro atoms. The predicted octanol–water partition coefficient (Wildman–Crippen LogP) is 3.45. The van der Waals surface area contributed by atoms with Crippen molar-refractivity contribution in [2.75, 3.05) is 13.1 Å². The lowest BCUT2D eigenvalue weighted by atomic mass is 9.82. The zero-order valence-corrected chi connectivity index (χ0v) is 18.1. The Morgan fingerprint density at radius 1 is 0.933 bits per heavy atom. The van der Waals surface area contributed by atoms with E-state index in [9.17, 15) is 14.6 Å². The topological polar surface area (TPSA) is 64.5 Å². The molecule has 30 heavy (non-hydrogen) atoms. The van der Waals surface area contributed by atoms with Crippen LogP contribution in [0.3, 0.4) is 0 Å². The number of aryl methyl sites for hydroxylation is 1. The summed E-state index contributed by atoms with van der Waals surface area (Å²) >= 11 is 0. The van der Waals surface area contributed by atoms with Gasteiger partial charge in [0, 0.05) is 18.6 Å². The van der Waals surface area contributed by atoms with Crippen LogP contribution in [0.4, 0.5) is 4.39 Å². The summed E-state index contributed by atoms with van der Waals surface area (Å²) in [5.41, 5.74) is 1.39. The zero-order chi connectivity index (χ0) is 21.5. The maximum absolute atomic E-state index is 14.5. The van der Waals surface area contributed by atoms with Crippen LogP contribution in [0.1, 0.15) is 61.3 Å². The number of nitrogens with one attached hydrogen (secondary N) is 2. The fraction of sp³-hybridized carbons (Fsp3) is 0.520. The van der Waals surface area contributed by atoms with Gasteiger partial charge in [0.2, 0.25) is 0 Å². The number of rotatable bonds is 5. The van der Waals surface area contributed by atoms with Crippen LogP contribution in [0.25, 0.3) is 0 Å². The van der Waals surface area contributed by atoms with Gasteiger partial charge in [-0.25, -0.2) is 4.39 Å². The molecule has 2 saturated heterocycles. The Morgan fingerprint density at radius 3 is 2.30 bits per heavy atom. The number of hydrogen-bond acceptors (Lipinski definition) is 4. The van der Waals surface area contributed by atoms with Crippen LogP contribution in [0, 0.1) is 12.7 Å². The first-order chi connectivity index (χ1) is 14.2. The van der Waals surface area contributed by atoms with E-state index in [1.54, 1.807) is 13.0 Å². The van der Waals surface area contributed by atoms with E-state index < -0.39 is 11.2 Å². The van der Waals surface area contributed by atoms with Crippen molar-refractivity contribution < 1.29 is 14.6 Å². The summed E-state index contributed by atoms with van der Waals surface area (Å²) in [5.74, 6) is -0.247. The minimum absolute atomic E-state index is 0.0659. The average Bonchev–Trinajstić information content (AvgIpc) is 3.40. The summed E-state index contributed by atoms with van der Waals surface area (Å²) in [6.07, 6.45) is 2.60. The van der Waals surface area contributed by atoms with E-state index in [-0.39, 0.29) is 23.8 Å². The highest BCUT2D eigenvalue weighted by Crippen LogP contribution is 2.38. The van der Waals surface area contributed by atoms with Gasteiger partial charge >= 0.3 is 0 Å². The normalized spacial score (nSPS) is 28.3. The Bertz CT molecular complexity index is 889. The summed E-state index contributed by atoms with van der Waals surface area (Å²) in [7, 11) is 0. The van der Waals surface area contributed by atoms with Crippen LogP contribution in [-0.4, -0.2) is 35.4 Å². The maximum atomic E-state index is 14.5. The van der Waals surface area contributed by atoms with Crippen molar-refractivity contribution in [2.24, 2.45) is 0 Å². The van der Waals surface area contributed by atoms with Crippen molar-refractivity contribution in [3.8, 4) is 0 Å². The molecule has 2 aromatic carbocycles. The number of hydrogen-bond donors (Lipinski definition) is 4. The van der Waals surface area contributed by atoms with E-state index in [2.05, 4.69) is 10.6 Å². The maximum Gasteiger partial charge on any atom is 0.123 e. The molecule has 5 atom stereocenters. The van der Waals surface area contributed by atoms with E-state index in [1.165, 1.54) is 6.07 Å². The molecule has 0 radical (unpaired) electrons. The first-order valence-corrected chi connectivity index (χ1v) is 11.0. The van der Waals surface area contributed by atoms with Crippen LogP contribution in [0.15, 0.2) is 42.5 Å². The van der Waals surface area contributed by atoms with Gasteiger partial charge in [0.25, 0.3) is 0 Å². The molecule has 4 nitrogen and oxygen atoms in total. The van der Waals surface area contributed by atoms with Crippen molar-refractivity contribution >= 4 is 0 Å². The molecule has 2 heterocycles. The van der Waals surface area contributed by atoms with Crippen molar-refractivity contribution in [3.05, 3.63) is 70.5 Å². The van der Waals surface area contributed by atoms with Gasteiger partial charge < -0.3 is 20.8 Å². The fourth-order valence-corrected chi connectivity index (χ4v) is 5.02. The Hall–Kier alpha value is -1.79. The summed E-state index contributed by atoms with van der Waals surface area (Å²) in [5, 5.41) is 29.2. The monoisotopic (exact) mass is 412 g/mol. The smallest absolute Gasteiger partial charge is 0.123 e. The molecule has 2 unspecified atom stereocenters. The lowest BCUT2D eigenvalue weighted by Gasteiger charge is -2.32. The molecule has 2 aliphatic rings. The highest BCUT2D eigenvalue weighted by Gasteiger charge is 2.40. The highest BCUT2D eigenvalue weighted by molar-refractivity contribution is 5.34. The van der Waals surface area contributed by atoms with Crippen LogP contribution in [-0.2, 0) is 11.2 Å². The molecule has 4 rings (SSSR count). The molecular formula is C25H33FN2O2. The van der Waals surface area contributed by atoms with Crippen molar-refractivity contribution in [3.63, 3.8) is 0 Å². The van der Waals surface area contributed by atoms with E-state index in [0.29, 0.717) is 18.5 Å². The zero-order valence-electron chi connectivity index (χ0n) is 18.1. The second-order valence-corrected chi connectivity index (χ2v) is 9.48. The second kappa shape index (κ2) is 8.04. The van der Waals surface area contributed by atoms with Gasteiger partial charge in [0.15, 0.2) is 0 Å². The summed E-state index contributed by atoms with van der Waals surface area (Å²) in [6.45, 7) is 7.18. The van der Waals surface area contributed by atoms with Gasteiger partial charge in [-0.1, -0.05) is 35.9 Å². The lowest BCUT2D eigenvalue weighted by molar-refractivity contribution is 0.0206. The molecule has 0 aliphatic carbocycles. The minimum atomic E-state index is -1.12. The van der Waals surface area contributed by atoms with Gasteiger partial charge in [-0.05, 0) is 81.3 Å². The van der Waals surface area contributed by atoms with E-state index in [1.807, 2.05) is 44.2 Å². The third-order valence-electron chi connectivity index (χ3n) is 7.16. The van der Waals surface area contributed by atoms with Crippen LogP contribution in [0.2, 0.25) is 0 Å². The first-order valence-electron chi connectivity index (χ1n) is 11.0. The van der Waals surface area contributed by atoms with Gasteiger partial charge in [-0.2, -0.15) is 0 Å². The van der Waals surface area contributed by atoms with Crippen LogP contribution < -0.4 is 10.6 Å². The quantitative estimate of drug-likeness (QED) is 0.608. The van der Waals surface area contributed by atoms with Gasteiger partial charge in [0.05, 0.1) is 0 Å². The Labute approximate surface area is 178 Å². The van der Waals surface area contributed by atoms with Gasteiger partial charge in [0.1, 0.15) is 17.0 Å². The molecule has 0 amide bonds. The van der Waals surface area contributed by atoms with Gasteiger partial charge in [-0.15, -0.1) is 0 Å². The summed E-state index contributed by atoms with van der Waals surface area (Å²) in [4.78, 5) is 0.